The van der Waals surface area contributed by atoms with Crippen molar-refractivity contribution in [2.24, 2.45) is 0 Å². The van der Waals surface area contributed by atoms with Crippen LogP contribution in [0.4, 0.5) is 10.1 Å². The van der Waals surface area contributed by atoms with Gasteiger partial charge in [0.25, 0.3) is 11.8 Å². The molecule has 1 amide bonds. The third-order valence-corrected chi connectivity index (χ3v) is 4.24. The lowest BCUT2D eigenvalue weighted by Gasteiger charge is -2.11. The summed E-state index contributed by atoms with van der Waals surface area (Å²) in [6.45, 7) is 1.93. The molecule has 31 heavy (non-hydrogen) atoms. The molecule has 0 fully saturated rings. The Morgan fingerprint density at radius 1 is 1.23 bits per heavy atom. The largest absolute Gasteiger partial charge is 0.493 e. The van der Waals surface area contributed by atoms with Gasteiger partial charge in [-0.05, 0) is 54.4 Å². The van der Waals surface area contributed by atoms with Gasteiger partial charge in [0.15, 0.2) is 11.5 Å². The Morgan fingerprint density at radius 2 is 1.97 bits per heavy atom. The maximum absolute atomic E-state index is 13.8. The fraction of sp³-hybridized carbons (Fsp3) is 0.0909. The summed E-state index contributed by atoms with van der Waals surface area (Å²) >= 11 is 5.67. The predicted molar refractivity (Wildman–Crippen MR) is 113 cm³/mol. The van der Waals surface area contributed by atoms with Crippen LogP contribution in [0.5, 0.6) is 17.4 Å². The lowest BCUT2D eigenvalue weighted by molar-refractivity contribution is -0.112. The average Bonchev–Trinajstić information content (AvgIpc) is 2.76. The van der Waals surface area contributed by atoms with Gasteiger partial charge in [-0.2, -0.15) is 14.6 Å². The Morgan fingerprint density at radius 3 is 2.65 bits per heavy atom. The van der Waals surface area contributed by atoms with E-state index in [1.54, 1.807) is 18.2 Å². The minimum absolute atomic E-state index is 0.107. The topological polar surface area (TPSA) is 97.1 Å². The number of nitriles is 1. The zero-order valence-electron chi connectivity index (χ0n) is 16.5. The number of hydrogen-bond acceptors (Lipinski definition) is 6. The highest BCUT2D eigenvalue weighted by Gasteiger charge is 2.14. The zero-order valence-corrected chi connectivity index (χ0v) is 17.3. The molecule has 1 heterocycles. The van der Waals surface area contributed by atoms with Gasteiger partial charge in [-0.1, -0.05) is 23.8 Å². The van der Waals surface area contributed by atoms with Gasteiger partial charge in [-0.15, -0.1) is 0 Å². The molecule has 0 aliphatic heterocycles. The predicted octanol–water partition coefficient (Wildman–Crippen LogP) is 4.92. The molecule has 7 nitrogen and oxygen atoms in total. The number of carbonyl (C=O) groups excluding carboxylic acids is 1. The van der Waals surface area contributed by atoms with Crippen LogP contribution in [0.2, 0.25) is 5.28 Å². The number of rotatable bonds is 6. The highest BCUT2D eigenvalue weighted by atomic mass is 35.5. The summed E-state index contributed by atoms with van der Waals surface area (Å²) in [7, 11) is 1.40. The molecule has 0 radical (unpaired) electrons. The Labute approximate surface area is 182 Å². The van der Waals surface area contributed by atoms with Gasteiger partial charge in [0, 0.05) is 5.69 Å². The van der Waals surface area contributed by atoms with E-state index in [-0.39, 0.29) is 28.2 Å². The molecule has 156 valence electrons. The van der Waals surface area contributed by atoms with Gasteiger partial charge < -0.3 is 14.8 Å². The van der Waals surface area contributed by atoms with Crippen molar-refractivity contribution in [1.29, 1.82) is 5.26 Å². The molecule has 0 aliphatic carbocycles. The van der Waals surface area contributed by atoms with Gasteiger partial charge in [0.2, 0.25) is 11.1 Å². The van der Waals surface area contributed by atoms with Gasteiger partial charge in [-0.3, -0.25) is 4.79 Å². The van der Waals surface area contributed by atoms with Crippen LogP contribution in [-0.2, 0) is 4.79 Å². The van der Waals surface area contributed by atoms with Crippen LogP contribution in [0.15, 0.2) is 54.2 Å². The number of aromatic nitrogens is 2. The summed E-state index contributed by atoms with van der Waals surface area (Å²) in [5, 5.41) is 11.9. The third kappa shape index (κ3) is 5.56. The van der Waals surface area contributed by atoms with E-state index in [9.17, 15) is 14.4 Å². The van der Waals surface area contributed by atoms with E-state index in [0.717, 1.165) is 11.8 Å². The monoisotopic (exact) mass is 438 g/mol. The molecule has 0 spiro atoms. The van der Waals surface area contributed by atoms with E-state index >= 15 is 0 Å². The number of anilines is 1. The SMILES string of the molecule is COc1cc(/C=C(\C#N)C(=O)Nc2ccc(C)cc2)ccc1Oc1nc(Cl)ncc1F. The van der Waals surface area contributed by atoms with Crippen molar-refractivity contribution < 1.29 is 18.7 Å². The van der Waals surface area contributed by atoms with Crippen molar-refractivity contribution >= 4 is 29.3 Å². The first-order valence-electron chi connectivity index (χ1n) is 8.93. The minimum Gasteiger partial charge on any atom is -0.493 e. The van der Waals surface area contributed by atoms with Crippen molar-refractivity contribution in [2.75, 3.05) is 12.4 Å². The van der Waals surface area contributed by atoms with Crippen LogP contribution in [0.25, 0.3) is 6.08 Å². The van der Waals surface area contributed by atoms with Crippen LogP contribution in [0.1, 0.15) is 11.1 Å². The molecule has 2 aromatic carbocycles. The van der Waals surface area contributed by atoms with Crippen molar-refractivity contribution in [2.45, 2.75) is 6.92 Å². The molecule has 1 N–H and O–H groups in total. The number of benzene rings is 2. The van der Waals surface area contributed by atoms with Crippen LogP contribution in [0.3, 0.4) is 0 Å². The number of hydrogen-bond donors (Lipinski definition) is 1. The maximum Gasteiger partial charge on any atom is 0.266 e. The Balaban J connectivity index is 1.83. The molecule has 0 atom stereocenters. The Bertz CT molecular complexity index is 1190. The molecule has 0 saturated heterocycles. The fourth-order valence-electron chi connectivity index (χ4n) is 2.52. The molecule has 3 rings (SSSR count). The van der Waals surface area contributed by atoms with E-state index in [4.69, 9.17) is 21.1 Å². The van der Waals surface area contributed by atoms with Gasteiger partial charge in [0.1, 0.15) is 11.6 Å². The van der Waals surface area contributed by atoms with Crippen LogP contribution < -0.4 is 14.8 Å². The average molecular weight is 439 g/mol. The first kappa shape index (κ1) is 21.7. The van der Waals surface area contributed by atoms with E-state index in [1.807, 2.05) is 25.1 Å². The quantitative estimate of drug-likeness (QED) is 0.333. The minimum atomic E-state index is -0.796. The molecule has 1 aromatic heterocycles. The number of nitrogens with zero attached hydrogens (tertiary/aromatic N) is 3. The molecule has 0 aliphatic rings. The smallest absolute Gasteiger partial charge is 0.266 e. The van der Waals surface area contributed by atoms with Crippen molar-refractivity contribution in [1.82, 2.24) is 9.97 Å². The van der Waals surface area contributed by atoms with E-state index in [1.165, 1.54) is 25.3 Å². The molecular weight excluding hydrogens is 423 g/mol. The van der Waals surface area contributed by atoms with Gasteiger partial charge in [0.05, 0.1) is 13.3 Å². The zero-order chi connectivity index (χ0) is 22.4. The lowest BCUT2D eigenvalue weighted by Crippen LogP contribution is -2.13. The summed E-state index contributed by atoms with van der Waals surface area (Å²) < 4.78 is 24.5. The number of amides is 1. The summed E-state index contributed by atoms with van der Waals surface area (Å²) in [4.78, 5) is 19.7. The number of methoxy groups -OCH3 is 1. The van der Waals surface area contributed by atoms with Gasteiger partial charge >= 0.3 is 0 Å². The second-order valence-corrected chi connectivity index (χ2v) is 6.63. The molecule has 0 bridgehead atoms. The van der Waals surface area contributed by atoms with Crippen LogP contribution in [-0.4, -0.2) is 23.0 Å². The van der Waals surface area contributed by atoms with E-state index < -0.39 is 11.7 Å². The van der Waals surface area contributed by atoms with Crippen LogP contribution in [0, 0.1) is 24.1 Å². The number of halogens is 2. The fourth-order valence-corrected chi connectivity index (χ4v) is 2.64. The summed E-state index contributed by atoms with van der Waals surface area (Å²) in [6.07, 6.45) is 2.29. The molecule has 9 heteroatoms. The van der Waals surface area contributed by atoms with Crippen molar-refractivity contribution in [3.05, 3.63) is 76.5 Å². The number of carbonyl (C=O) groups is 1. The van der Waals surface area contributed by atoms with E-state index in [2.05, 4.69) is 15.3 Å². The van der Waals surface area contributed by atoms with Crippen molar-refractivity contribution in [3.8, 4) is 23.4 Å². The first-order valence-corrected chi connectivity index (χ1v) is 9.31. The summed E-state index contributed by atoms with van der Waals surface area (Å²) in [5.41, 5.74) is 2.02. The number of ether oxygens (including phenoxy) is 2. The highest BCUT2D eigenvalue weighted by molar-refractivity contribution is 6.28. The second-order valence-electron chi connectivity index (χ2n) is 6.29. The highest BCUT2D eigenvalue weighted by Crippen LogP contribution is 2.33. The number of aryl methyl sites for hydroxylation is 1. The summed E-state index contributed by atoms with van der Waals surface area (Å²) in [6, 6.07) is 13.7. The first-order chi connectivity index (χ1) is 14.9. The second kappa shape index (κ2) is 9.69. The Hall–Kier alpha value is -3.96. The molecule has 3 aromatic rings. The lowest BCUT2D eigenvalue weighted by atomic mass is 10.1. The molecule has 0 saturated carbocycles. The molecule has 0 unspecified atom stereocenters. The number of nitrogens with one attached hydrogen (secondary N) is 1. The third-order valence-electron chi connectivity index (χ3n) is 4.06. The van der Waals surface area contributed by atoms with Crippen LogP contribution >= 0.6 is 11.6 Å². The van der Waals surface area contributed by atoms with E-state index in [0.29, 0.717) is 11.3 Å². The van der Waals surface area contributed by atoms with Gasteiger partial charge in [-0.25, -0.2) is 4.98 Å². The Kier molecular flexibility index (Phi) is 6.80. The normalized spacial score (nSPS) is 10.9. The van der Waals surface area contributed by atoms with Crippen molar-refractivity contribution in [3.63, 3.8) is 0 Å². The maximum atomic E-state index is 13.8. The summed E-state index contributed by atoms with van der Waals surface area (Å²) in [5.74, 6) is -1.31. The standard InChI is InChI=1S/C22H16ClFN4O3/c1-13-3-6-16(7-4-13)27-20(29)15(11-25)9-14-5-8-18(19(10-14)30-2)31-21-17(24)12-26-22(23)28-21/h3-10,12H,1-2H3,(H,27,29)/b15-9+. The molecular formula is C22H16ClFN4O3.